The number of carbonyl (C=O) groups is 1. The van der Waals surface area contributed by atoms with Crippen LogP contribution in [0.15, 0.2) is 35.7 Å². The number of nitrogens with zero attached hydrogens (tertiary/aromatic N) is 1. The van der Waals surface area contributed by atoms with Crippen LogP contribution < -0.4 is 16.4 Å². The van der Waals surface area contributed by atoms with Gasteiger partial charge >= 0.3 is 0 Å². The monoisotopic (exact) mass is 261 g/mol. The Labute approximate surface area is 110 Å². The van der Waals surface area contributed by atoms with Crippen LogP contribution in [0.1, 0.15) is 15.2 Å². The number of carbonyl (C=O) groups excluding carboxylic acids is 1. The Morgan fingerprint density at radius 2 is 2.17 bits per heavy atom. The lowest BCUT2D eigenvalue weighted by Crippen LogP contribution is -2.21. The molecule has 0 atom stereocenters. The van der Waals surface area contributed by atoms with Gasteiger partial charge in [-0.15, -0.1) is 11.3 Å². The Hall–Kier alpha value is -2.01. The second kappa shape index (κ2) is 5.10. The number of rotatable bonds is 4. The fourth-order valence-corrected chi connectivity index (χ4v) is 2.55. The highest BCUT2D eigenvalue weighted by molar-refractivity contribution is 7.09. The first kappa shape index (κ1) is 12.4. The largest absolute Gasteiger partial charge is 0.399 e. The highest BCUT2D eigenvalue weighted by Crippen LogP contribution is 2.24. The molecule has 2 rings (SSSR count). The van der Waals surface area contributed by atoms with Gasteiger partial charge in [0.25, 0.3) is 5.91 Å². The lowest BCUT2D eigenvalue weighted by molar-refractivity contribution is 0.100. The molecule has 1 aromatic carbocycles. The van der Waals surface area contributed by atoms with E-state index in [0.29, 0.717) is 11.3 Å². The lowest BCUT2D eigenvalue weighted by Gasteiger charge is -2.21. The molecule has 0 fully saturated rings. The minimum Gasteiger partial charge on any atom is -0.399 e. The molecule has 0 aliphatic carbocycles. The van der Waals surface area contributed by atoms with Gasteiger partial charge in [0.1, 0.15) is 0 Å². The molecule has 18 heavy (non-hydrogen) atoms. The van der Waals surface area contributed by atoms with E-state index >= 15 is 0 Å². The van der Waals surface area contributed by atoms with Crippen LogP contribution in [0.25, 0.3) is 0 Å². The molecule has 0 bridgehead atoms. The molecule has 2 aromatic rings. The first-order valence-electron chi connectivity index (χ1n) is 5.51. The maximum atomic E-state index is 11.4. The molecule has 4 N–H and O–H groups in total. The smallest absolute Gasteiger partial charge is 0.250 e. The maximum absolute atomic E-state index is 11.4. The highest BCUT2D eigenvalue weighted by atomic mass is 32.1. The van der Waals surface area contributed by atoms with E-state index in [0.717, 1.165) is 12.2 Å². The molecule has 0 radical (unpaired) electrons. The van der Waals surface area contributed by atoms with Gasteiger partial charge in [-0.3, -0.25) is 4.79 Å². The van der Waals surface area contributed by atoms with Gasteiger partial charge < -0.3 is 16.4 Å². The average molecular weight is 261 g/mol. The molecule has 5 heteroatoms. The number of nitrogens with two attached hydrogens (primary N) is 2. The molecule has 4 nitrogen and oxygen atoms in total. The minimum atomic E-state index is -0.442. The predicted octanol–water partition coefficient (Wildman–Crippen LogP) is 2.07. The van der Waals surface area contributed by atoms with Crippen LogP contribution in [0.3, 0.4) is 0 Å². The summed E-state index contributed by atoms with van der Waals surface area (Å²) in [4.78, 5) is 14.6. The quantitative estimate of drug-likeness (QED) is 0.827. The topological polar surface area (TPSA) is 72.3 Å². The van der Waals surface area contributed by atoms with Gasteiger partial charge in [-0.05, 0) is 29.6 Å². The summed E-state index contributed by atoms with van der Waals surface area (Å²) in [5.41, 5.74) is 13.0. The SMILES string of the molecule is CN(Cc1cccs1)c1cc(N)ccc1C(N)=O. The van der Waals surface area contributed by atoms with Crippen LogP contribution in [0.2, 0.25) is 0 Å². The number of amides is 1. The normalized spacial score (nSPS) is 10.3. The number of anilines is 2. The molecule has 94 valence electrons. The lowest BCUT2D eigenvalue weighted by atomic mass is 10.1. The van der Waals surface area contributed by atoms with Crippen LogP contribution in [0.5, 0.6) is 0 Å². The highest BCUT2D eigenvalue weighted by Gasteiger charge is 2.12. The van der Waals surface area contributed by atoms with Crippen molar-refractivity contribution in [3.05, 3.63) is 46.2 Å². The molecular formula is C13H15N3OS. The van der Waals surface area contributed by atoms with Crippen molar-refractivity contribution >= 4 is 28.6 Å². The Morgan fingerprint density at radius 1 is 1.39 bits per heavy atom. The van der Waals surface area contributed by atoms with Crippen LogP contribution in [0, 0.1) is 0 Å². The van der Waals surface area contributed by atoms with Crippen molar-refractivity contribution in [3.63, 3.8) is 0 Å². The summed E-state index contributed by atoms with van der Waals surface area (Å²) in [6.45, 7) is 0.724. The zero-order valence-corrected chi connectivity index (χ0v) is 10.9. The number of thiophene rings is 1. The Balaban J connectivity index is 2.31. The van der Waals surface area contributed by atoms with Gasteiger partial charge in [0.05, 0.1) is 17.8 Å². The van der Waals surface area contributed by atoms with Gasteiger partial charge in [0, 0.05) is 17.6 Å². The summed E-state index contributed by atoms with van der Waals surface area (Å²) in [6, 6.07) is 9.17. The van der Waals surface area contributed by atoms with Gasteiger partial charge in [0.15, 0.2) is 0 Å². The summed E-state index contributed by atoms with van der Waals surface area (Å²) < 4.78 is 0. The van der Waals surface area contributed by atoms with Crippen molar-refractivity contribution in [2.45, 2.75) is 6.54 Å². The standard InChI is InChI=1S/C13H15N3OS/c1-16(8-10-3-2-6-18-10)12-7-9(14)4-5-11(12)13(15)17/h2-7H,8,14H2,1H3,(H2,15,17). The number of primary amides is 1. The Bertz CT molecular complexity index is 551. The van der Waals surface area contributed by atoms with Crippen molar-refractivity contribution < 1.29 is 4.79 Å². The van der Waals surface area contributed by atoms with E-state index in [4.69, 9.17) is 11.5 Å². The van der Waals surface area contributed by atoms with Crippen molar-refractivity contribution in [3.8, 4) is 0 Å². The molecule has 0 spiro atoms. The summed E-state index contributed by atoms with van der Waals surface area (Å²) in [5.74, 6) is -0.442. The van der Waals surface area contributed by atoms with Crippen molar-refractivity contribution in [1.82, 2.24) is 0 Å². The molecule has 0 saturated carbocycles. The van der Waals surface area contributed by atoms with Gasteiger partial charge in [-0.2, -0.15) is 0 Å². The fraction of sp³-hybridized carbons (Fsp3) is 0.154. The van der Waals surface area contributed by atoms with E-state index < -0.39 is 5.91 Å². The van der Waals surface area contributed by atoms with Crippen LogP contribution >= 0.6 is 11.3 Å². The summed E-state index contributed by atoms with van der Waals surface area (Å²) in [6.07, 6.45) is 0. The Kier molecular flexibility index (Phi) is 3.53. The summed E-state index contributed by atoms with van der Waals surface area (Å²) in [7, 11) is 1.92. The predicted molar refractivity (Wildman–Crippen MR) is 75.8 cm³/mol. The molecule has 0 unspecified atom stereocenters. The van der Waals surface area contributed by atoms with Crippen LogP contribution in [0.4, 0.5) is 11.4 Å². The van der Waals surface area contributed by atoms with Gasteiger partial charge in [-0.25, -0.2) is 0 Å². The first-order chi connectivity index (χ1) is 8.58. The molecule has 0 saturated heterocycles. The first-order valence-corrected chi connectivity index (χ1v) is 6.38. The van der Waals surface area contributed by atoms with Gasteiger partial charge in [-0.1, -0.05) is 6.07 Å². The minimum absolute atomic E-state index is 0.442. The van der Waals surface area contributed by atoms with E-state index in [1.165, 1.54) is 4.88 Å². The third-order valence-electron chi connectivity index (χ3n) is 2.67. The maximum Gasteiger partial charge on any atom is 0.250 e. The van der Waals surface area contributed by atoms with E-state index in [1.807, 2.05) is 23.4 Å². The third kappa shape index (κ3) is 2.62. The molecule has 0 aliphatic rings. The van der Waals surface area contributed by atoms with E-state index in [1.54, 1.807) is 29.5 Å². The third-order valence-corrected chi connectivity index (χ3v) is 3.53. The van der Waals surface area contributed by atoms with E-state index in [9.17, 15) is 4.79 Å². The van der Waals surface area contributed by atoms with Crippen LogP contribution in [-0.4, -0.2) is 13.0 Å². The summed E-state index contributed by atoms with van der Waals surface area (Å²) >= 11 is 1.68. The summed E-state index contributed by atoms with van der Waals surface area (Å²) in [5, 5.41) is 2.03. The van der Waals surface area contributed by atoms with Crippen molar-refractivity contribution in [2.24, 2.45) is 5.73 Å². The van der Waals surface area contributed by atoms with Gasteiger partial charge in [0.2, 0.25) is 0 Å². The number of hydrogen-bond acceptors (Lipinski definition) is 4. The zero-order valence-electron chi connectivity index (χ0n) is 10.1. The molecule has 1 aromatic heterocycles. The van der Waals surface area contributed by atoms with E-state index in [2.05, 4.69) is 6.07 Å². The molecule has 0 aliphatic heterocycles. The molecule has 1 amide bonds. The Morgan fingerprint density at radius 3 is 2.78 bits per heavy atom. The van der Waals surface area contributed by atoms with Crippen molar-refractivity contribution in [2.75, 3.05) is 17.7 Å². The van der Waals surface area contributed by atoms with Crippen molar-refractivity contribution in [1.29, 1.82) is 0 Å². The number of nitrogen functional groups attached to an aromatic ring is 1. The number of hydrogen-bond donors (Lipinski definition) is 2. The molecular weight excluding hydrogens is 246 g/mol. The second-order valence-electron chi connectivity index (χ2n) is 4.08. The van der Waals surface area contributed by atoms with Crippen LogP contribution in [-0.2, 0) is 6.54 Å². The molecule has 1 heterocycles. The average Bonchev–Trinajstić information content (AvgIpc) is 2.81. The number of benzene rings is 1. The fourth-order valence-electron chi connectivity index (χ4n) is 1.79. The van der Waals surface area contributed by atoms with E-state index in [-0.39, 0.29) is 0 Å². The zero-order chi connectivity index (χ0) is 13.1. The second-order valence-corrected chi connectivity index (χ2v) is 5.11.